The summed E-state index contributed by atoms with van der Waals surface area (Å²) in [5.41, 5.74) is 2.41. The van der Waals surface area contributed by atoms with E-state index >= 15 is 0 Å². The van der Waals surface area contributed by atoms with Crippen molar-refractivity contribution >= 4 is 15.9 Å². The van der Waals surface area contributed by atoms with Gasteiger partial charge in [0.05, 0.1) is 11.4 Å². The number of aryl methyl sites for hydroxylation is 1. The van der Waals surface area contributed by atoms with Crippen molar-refractivity contribution < 1.29 is 13.5 Å². The van der Waals surface area contributed by atoms with Crippen LogP contribution in [-0.4, -0.2) is 6.61 Å². The van der Waals surface area contributed by atoms with E-state index in [4.69, 9.17) is 4.74 Å². The molecule has 1 heterocycles. The lowest BCUT2D eigenvalue weighted by atomic mass is 9.99. The Bertz CT molecular complexity index is 670. The van der Waals surface area contributed by atoms with Gasteiger partial charge >= 0.3 is 0 Å². The third kappa shape index (κ3) is 2.22. The average Bonchev–Trinajstić information content (AvgIpc) is 2.90. The highest BCUT2D eigenvalue weighted by atomic mass is 79.9. The molecule has 1 aliphatic rings. The Balaban J connectivity index is 2.05. The number of alkyl halides is 1. The largest absolute Gasteiger partial charge is 0.493 e. The van der Waals surface area contributed by atoms with Crippen molar-refractivity contribution in [3.8, 4) is 5.75 Å². The van der Waals surface area contributed by atoms with E-state index in [0.717, 1.165) is 23.3 Å². The van der Waals surface area contributed by atoms with Gasteiger partial charge < -0.3 is 4.74 Å². The molecule has 0 aliphatic carbocycles. The van der Waals surface area contributed by atoms with Gasteiger partial charge in [0.2, 0.25) is 0 Å². The highest BCUT2D eigenvalue weighted by Gasteiger charge is 2.22. The molecule has 0 bridgehead atoms. The Morgan fingerprint density at radius 1 is 1.20 bits per heavy atom. The molecule has 4 heteroatoms. The van der Waals surface area contributed by atoms with Gasteiger partial charge in [-0.05, 0) is 35.7 Å². The van der Waals surface area contributed by atoms with Crippen LogP contribution in [0.1, 0.15) is 27.1 Å². The fourth-order valence-corrected chi connectivity index (χ4v) is 3.15. The minimum atomic E-state index is -0.535. The fraction of sp³-hybridized carbons (Fsp3) is 0.250. The highest BCUT2D eigenvalue weighted by molar-refractivity contribution is 9.09. The molecule has 2 aromatic rings. The minimum absolute atomic E-state index is 0.0591. The van der Waals surface area contributed by atoms with Crippen molar-refractivity contribution in [1.82, 2.24) is 0 Å². The predicted molar refractivity (Wildman–Crippen MR) is 77.5 cm³/mol. The molecule has 1 atom stereocenters. The van der Waals surface area contributed by atoms with Crippen molar-refractivity contribution in [1.29, 1.82) is 0 Å². The molecular weight excluding hydrogens is 326 g/mol. The van der Waals surface area contributed by atoms with Crippen molar-refractivity contribution in [2.75, 3.05) is 6.61 Å². The molecule has 0 amide bonds. The van der Waals surface area contributed by atoms with Crippen LogP contribution in [0.2, 0.25) is 0 Å². The second kappa shape index (κ2) is 5.17. The van der Waals surface area contributed by atoms with E-state index < -0.39 is 16.5 Å². The summed E-state index contributed by atoms with van der Waals surface area (Å²) in [7, 11) is 0. The SMILES string of the molecule is Cc1ccc(F)c(C(Br)c2ccc3c(c2)CCO3)c1F. The molecule has 0 saturated carbocycles. The monoisotopic (exact) mass is 338 g/mol. The molecule has 1 unspecified atom stereocenters. The lowest BCUT2D eigenvalue weighted by molar-refractivity contribution is 0.357. The van der Waals surface area contributed by atoms with Gasteiger partial charge in [-0.1, -0.05) is 34.1 Å². The lowest BCUT2D eigenvalue weighted by Gasteiger charge is -2.15. The van der Waals surface area contributed by atoms with E-state index in [1.165, 1.54) is 12.1 Å². The third-order valence-corrected chi connectivity index (χ3v) is 4.57. The van der Waals surface area contributed by atoms with E-state index in [2.05, 4.69) is 15.9 Å². The van der Waals surface area contributed by atoms with Gasteiger partial charge in [0.15, 0.2) is 0 Å². The molecule has 0 aromatic heterocycles. The van der Waals surface area contributed by atoms with Gasteiger partial charge in [-0.25, -0.2) is 8.78 Å². The normalized spacial score (nSPS) is 14.8. The highest BCUT2D eigenvalue weighted by Crippen LogP contribution is 2.37. The number of hydrogen-bond donors (Lipinski definition) is 0. The third-order valence-electron chi connectivity index (χ3n) is 3.58. The molecule has 0 spiro atoms. The van der Waals surface area contributed by atoms with E-state index in [1.54, 1.807) is 6.92 Å². The van der Waals surface area contributed by atoms with Gasteiger partial charge in [-0.2, -0.15) is 0 Å². The standard InChI is InChI=1S/C16H13BrF2O/c1-9-2-4-12(18)14(16(9)19)15(17)11-3-5-13-10(8-11)6-7-20-13/h2-5,8,15H,6-7H2,1H3. The van der Waals surface area contributed by atoms with Crippen LogP contribution in [0.4, 0.5) is 8.78 Å². The zero-order valence-corrected chi connectivity index (χ0v) is 12.5. The number of ether oxygens (including phenoxy) is 1. The van der Waals surface area contributed by atoms with Gasteiger partial charge in [-0.3, -0.25) is 0 Å². The topological polar surface area (TPSA) is 9.23 Å². The summed E-state index contributed by atoms with van der Waals surface area (Å²) in [6, 6.07) is 8.40. The van der Waals surface area contributed by atoms with Gasteiger partial charge in [0.1, 0.15) is 17.4 Å². The zero-order chi connectivity index (χ0) is 14.3. The molecule has 1 nitrogen and oxygen atoms in total. The molecule has 2 aromatic carbocycles. The first-order valence-electron chi connectivity index (χ1n) is 6.42. The molecule has 20 heavy (non-hydrogen) atoms. The van der Waals surface area contributed by atoms with Crippen LogP contribution in [-0.2, 0) is 6.42 Å². The quantitative estimate of drug-likeness (QED) is 0.721. The second-order valence-corrected chi connectivity index (χ2v) is 5.84. The summed E-state index contributed by atoms with van der Waals surface area (Å²) in [6.45, 7) is 2.30. The maximum atomic E-state index is 14.2. The van der Waals surface area contributed by atoms with Crippen LogP contribution in [0.15, 0.2) is 30.3 Å². The molecular formula is C16H13BrF2O. The summed E-state index contributed by atoms with van der Waals surface area (Å²) in [5, 5.41) is 0. The number of hydrogen-bond acceptors (Lipinski definition) is 1. The maximum absolute atomic E-state index is 14.2. The van der Waals surface area contributed by atoms with Crippen LogP contribution in [0.25, 0.3) is 0 Å². The lowest BCUT2D eigenvalue weighted by Crippen LogP contribution is -2.03. The smallest absolute Gasteiger partial charge is 0.133 e. The van der Waals surface area contributed by atoms with Gasteiger partial charge in [0.25, 0.3) is 0 Å². The Labute approximate surface area is 124 Å². The predicted octanol–water partition coefficient (Wildman–Crippen LogP) is 4.69. The second-order valence-electron chi connectivity index (χ2n) is 4.92. The number of halogens is 3. The number of fused-ring (bicyclic) bond motifs is 1. The molecule has 104 valence electrons. The minimum Gasteiger partial charge on any atom is -0.493 e. The van der Waals surface area contributed by atoms with Crippen LogP contribution >= 0.6 is 15.9 Å². The maximum Gasteiger partial charge on any atom is 0.133 e. The Hall–Kier alpha value is -1.42. The van der Waals surface area contributed by atoms with Crippen molar-refractivity contribution in [3.05, 3.63) is 64.2 Å². The molecule has 3 rings (SSSR count). The van der Waals surface area contributed by atoms with Crippen molar-refractivity contribution in [3.63, 3.8) is 0 Å². The first-order valence-corrected chi connectivity index (χ1v) is 7.33. The summed E-state index contributed by atoms with van der Waals surface area (Å²) in [4.78, 5) is -0.506. The van der Waals surface area contributed by atoms with E-state index in [9.17, 15) is 8.78 Å². The summed E-state index contributed by atoms with van der Waals surface area (Å²) >= 11 is 3.42. The van der Waals surface area contributed by atoms with Crippen LogP contribution < -0.4 is 4.74 Å². The Morgan fingerprint density at radius 2 is 2.00 bits per heavy atom. The first-order chi connectivity index (χ1) is 9.58. The number of benzene rings is 2. The van der Waals surface area contributed by atoms with E-state index in [-0.39, 0.29) is 5.56 Å². The summed E-state index contributed by atoms with van der Waals surface area (Å²) < 4.78 is 33.6. The van der Waals surface area contributed by atoms with Crippen molar-refractivity contribution in [2.45, 2.75) is 18.2 Å². The van der Waals surface area contributed by atoms with Crippen LogP contribution in [0.3, 0.4) is 0 Å². The Kier molecular flexibility index (Phi) is 3.50. The Morgan fingerprint density at radius 3 is 2.80 bits per heavy atom. The molecule has 0 radical (unpaired) electrons. The van der Waals surface area contributed by atoms with Crippen molar-refractivity contribution in [2.24, 2.45) is 0 Å². The fourth-order valence-electron chi connectivity index (χ4n) is 2.44. The molecule has 0 saturated heterocycles. The van der Waals surface area contributed by atoms with E-state index in [1.807, 2.05) is 18.2 Å². The number of rotatable bonds is 2. The van der Waals surface area contributed by atoms with Crippen LogP contribution in [0, 0.1) is 18.6 Å². The molecule has 0 N–H and O–H groups in total. The van der Waals surface area contributed by atoms with E-state index in [0.29, 0.717) is 12.2 Å². The first kappa shape index (κ1) is 13.6. The molecule has 1 aliphatic heterocycles. The average molecular weight is 339 g/mol. The molecule has 0 fully saturated rings. The summed E-state index contributed by atoms with van der Waals surface area (Å²) in [5.74, 6) is -0.172. The zero-order valence-electron chi connectivity index (χ0n) is 10.9. The summed E-state index contributed by atoms with van der Waals surface area (Å²) in [6.07, 6.45) is 0.835. The van der Waals surface area contributed by atoms with Gasteiger partial charge in [-0.15, -0.1) is 0 Å². The van der Waals surface area contributed by atoms with Crippen LogP contribution in [0.5, 0.6) is 5.75 Å². The van der Waals surface area contributed by atoms with Gasteiger partial charge in [0, 0.05) is 12.0 Å².